The Morgan fingerprint density at radius 3 is 0.643 bits per heavy atom. The molecule has 0 atom stereocenters. The fourth-order valence-corrected chi connectivity index (χ4v) is 14.3. The molecule has 0 amide bonds. The monoisotopic (exact) mass is 206 g/mol. The number of rotatable bonds is 0. The first-order chi connectivity index (χ1) is 5.37. The first-order valence-corrected chi connectivity index (χ1v) is 7.68. The summed E-state index contributed by atoms with van der Waals surface area (Å²) in [5.74, 6) is 0. The minimum absolute atomic E-state index is 0. The van der Waals surface area contributed by atoms with Crippen LogP contribution in [0.25, 0.3) is 0 Å². The van der Waals surface area contributed by atoms with Crippen LogP contribution in [0.2, 0.25) is 12.8 Å². The molecular formula is C12H28AlLi. The van der Waals surface area contributed by atoms with Gasteiger partial charge in [0.25, 0.3) is 0 Å². The van der Waals surface area contributed by atoms with Gasteiger partial charge in [0.1, 0.15) is 14.1 Å². The molecule has 0 aromatic rings. The van der Waals surface area contributed by atoms with Crippen molar-refractivity contribution >= 4 is 14.1 Å². The zero-order valence-electron chi connectivity index (χ0n) is 12.2. The quantitative estimate of drug-likeness (QED) is 0.528. The molecule has 0 aliphatic rings. The molecule has 0 rings (SSSR count). The van der Waals surface area contributed by atoms with Crippen molar-refractivity contribution in [1.29, 1.82) is 0 Å². The maximum Gasteiger partial charge on any atom is 1.00 e. The average Bonchev–Trinajstić information content (AvgIpc) is 1.44. The standard InChI is InChI=1S/3C4H9.Al.Li.H/c3*1-4(2)3;;;/h3*1-3H3;;;/q;;;-1;+1;. The summed E-state index contributed by atoms with van der Waals surface area (Å²) in [4.78, 5) is 0. The molecule has 0 unspecified atom stereocenters. The van der Waals surface area contributed by atoms with Crippen LogP contribution < -0.4 is 18.9 Å². The van der Waals surface area contributed by atoms with Crippen molar-refractivity contribution in [3.8, 4) is 0 Å². The molecular weight excluding hydrogens is 178 g/mol. The summed E-state index contributed by atoms with van der Waals surface area (Å²) < 4.78 is 1.68. The van der Waals surface area contributed by atoms with E-state index in [1.807, 2.05) is 0 Å². The number of hydrogen-bond donors (Lipinski definition) is 0. The molecule has 0 N–H and O–H groups in total. The SMILES string of the molecule is C[C](C)(C)[AlH-]([C](C)(C)C)[C](C)(C)C.[Li+]. The van der Waals surface area contributed by atoms with E-state index < -0.39 is 14.1 Å². The summed E-state index contributed by atoms with van der Waals surface area (Å²) >= 11 is -1.21. The van der Waals surface area contributed by atoms with Gasteiger partial charge in [0.15, 0.2) is 0 Å². The molecule has 0 aliphatic carbocycles. The van der Waals surface area contributed by atoms with Gasteiger partial charge in [-0.15, -0.1) is 0 Å². The third-order valence-corrected chi connectivity index (χ3v) is 9.55. The molecule has 0 spiro atoms. The second kappa shape index (κ2) is 4.97. The minimum atomic E-state index is -1.21. The normalized spacial score (nSPS) is 14.1. The van der Waals surface area contributed by atoms with Crippen molar-refractivity contribution in [2.24, 2.45) is 0 Å². The van der Waals surface area contributed by atoms with E-state index >= 15 is 0 Å². The molecule has 0 saturated carbocycles. The molecule has 2 heteroatoms. The second-order valence-electron chi connectivity index (χ2n) is 8.21. The van der Waals surface area contributed by atoms with Crippen LogP contribution in [-0.2, 0) is 0 Å². The third kappa shape index (κ3) is 5.28. The predicted molar refractivity (Wildman–Crippen MR) is 66.3 cm³/mol. The smallest absolute Gasteiger partial charge is 0.179 e. The van der Waals surface area contributed by atoms with Crippen LogP contribution in [0.5, 0.6) is 0 Å². The van der Waals surface area contributed by atoms with Crippen molar-refractivity contribution < 1.29 is 18.9 Å². The second-order valence-corrected chi connectivity index (χ2v) is 15.6. The van der Waals surface area contributed by atoms with Gasteiger partial charge in [0, 0.05) is 0 Å². The van der Waals surface area contributed by atoms with Crippen LogP contribution in [0.4, 0.5) is 0 Å². The van der Waals surface area contributed by atoms with Crippen LogP contribution in [0.1, 0.15) is 62.3 Å². The van der Waals surface area contributed by atoms with E-state index in [9.17, 15) is 0 Å². The Bertz CT molecular complexity index is 133. The van der Waals surface area contributed by atoms with E-state index in [2.05, 4.69) is 62.3 Å². The van der Waals surface area contributed by atoms with Crippen LogP contribution in [0.3, 0.4) is 0 Å². The molecule has 0 bridgehead atoms. The summed E-state index contributed by atoms with van der Waals surface area (Å²) in [5, 5.41) is 0. The van der Waals surface area contributed by atoms with Crippen molar-refractivity contribution in [2.75, 3.05) is 0 Å². The largest absolute Gasteiger partial charge is 1.00 e. The van der Waals surface area contributed by atoms with Gasteiger partial charge in [-0.05, 0) is 0 Å². The molecule has 14 heavy (non-hydrogen) atoms. The van der Waals surface area contributed by atoms with Crippen molar-refractivity contribution in [3.63, 3.8) is 0 Å². The summed E-state index contributed by atoms with van der Waals surface area (Å²) in [7, 11) is 0. The fraction of sp³-hybridized carbons (Fsp3) is 1.00. The van der Waals surface area contributed by atoms with Gasteiger partial charge >= 0.3 is 18.9 Å². The molecule has 0 fully saturated rings. The van der Waals surface area contributed by atoms with Crippen LogP contribution in [-0.4, -0.2) is 14.1 Å². The molecule has 0 heterocycles. The maximum atomic E-state index is 2.43. The number of hydrogen-bond acceptors (Lipinski definition) is 0. The Labute approximate surface area is 108 Å². The van der Waals surface area contributed by atoms with E-state index in [0.29, 0.717) is 12.8 Å². The Kier molecular flexibility index (Phi) is 6.23. The first kappa shape index (κ1) is 17.5. The molecule has 80 valence electrons. The Hall–Kier alpha value is 1.13. The first-order valence-electron chi connectivity index (χ1n) is 5.56. The zero-order chi connectivity index (χ0) is 11.1. The van der Waals surface area contributed by atoms with E-state index in [4.69, 9.17) is 0 Å². The van der Waals surface area contributed by atoms with Gasteiger partial charge < -0.3 is 0 Å². The Morgan fingerprint density at radius 2 is 0.643 bits per heavy atom. The Balaban J connectivity index is 0. The summed E-state index contributed by atoms with van der Waals surface area (Å²) in [6, 6.07) is 0. The molecule has 0 nitrogen and oxygen atoms in total. The summed E-state index contributed by atoms with van der Waals surface area (Å²) in [5.41, 5.74) is 0. The van der Waals surface area contributed by atoms with E-state index in [1.54, 1.807) is 0 Å². The third-order valence-electron chi connectivity index (χ3n) is 3.18. The summed E-state index contributed by atoms with van der Waals surface area (Å²) in [6.07, 6.45) is 0. The van der Waals surface area contributed by atoms with Gasteiger partial charge in [-0.2, -0.15) is 12.8 Å². The zero-order valence-corrected chi connectivity index (χ0v) is 13.6. The van der Waals surface area contributed by atoms with Crippen molar-refractivity contribution in [2.45, 2.75) is 75.1 Å². The van der Waals surface area contributed by atoms with Crippen LogP contribution in [0, 0.1) is 0 Å². The van der Waals surface area contributed by atoms with Crippen LogP contribution >= 0.6 is 0 Å². The van der Waals surface area contributed by atoms with Gasteiger partial charge in [-0.1, -0.05) is 62.3 Å². The molecule has 0 radical (unpaired) electrons. The minimum Gasteiger partial charge on any atom is -0.179 e. The predicted octanol–water partition coefficient (Wildman–Crippen LogP) is 1.62. The molecule has 0 aliphatic heterocycles. The van der Waals surface area contributed by atoms with E-state index in [0.717, 1.165) is 0 Å². The van der Waals surface area contributed by atoms with Gasteiger partial charge in [0.2, 0.25) is 0 Å². The molecule has 0 aromatic carbocycles. The van der Waals surface area contributed by atoms with Crippen LogP contribution in [0.15, 0.2) is 0 Å². The van der Waals surface area contributed by atoms with Gasteiger partial charge in [0.05, 0.1) is 0 Å². The van der Waals surface area contributed by atoms with Gasteiger partial charge in [-0.25, -0.2) is 0 Å². The maximum absolute atomic E-state index is 2.43. The van der Waals surface area contributed by atoms with Crippen molar-refractivity contribution in [1.82, 2.24) is 0 Å². The Morgan fingerprint density at radius 1 is 0.500 bits per heavy atom. The van der Waals surface area contributed by atoms with Crippen molar-refractivity contribution in [3.05, 3.63) is 0 Å². The average molecular weight is 206 g/mol. The van der Waals surface area contributed by atoms with E-state index in [-0.39, 0.29) is 18.9 Å². The fourth-order valence-electron chi connectivity index (χ4n) is 4.77. The van der Waals surface area contributed by atoms with E-state index in [1.165, 1.54) is 0 Å². The summed E-state index contributed by atoms with van der Waals surface area (Å²) in [6.45, 7) is 21.9. The van der Waals surface area contributed by atoms with Gasteiger partial charge in [-0.3, -0.25) is 0 Å². The topological polar surface area (TPSA) is 0 Å². The molecule has 0 aromatic heterocycles. The molecule has 0 saturated heterocycles.